The average Bonchev–Trinajstić information content (AvgIpc) is 2.75. The molecular weight excluding hydrogens is 314 g/mol. The van der Waals surface area contributed by atoms with Crippen molar-refractivity contribution in [3.8, 4) is 0 Å². The maximum atomic E-state index is 13.3. The Morgan fingerprint density at radius 1 is 1.11 bits per heavy atom. The normalized spacial score (nSPS) is 26.1. The second-order valence-electron chi connectivity index (χ2n) is 5.55. The third-order valence-corrected chi connectivity index (χ3v) is 5.87. The second-order valence-corrected chi connectivity index (χ2v) is 6.61. The molecule has 19 heavy (non-hydrogen) atoms. The summed E-state index contributed by atoms with van der Waals surface area (Å²) in [4.78, 5) is 2.73. The van der Waals surface area contributed by atoms with Gasteiger partial charge in [-0.15, -0.1) is 0 Å². The first-order chi connectivity index (χ1) is 9.11. The van der Waals surface area contributed by atoms with Gasteiger partial charge in [0.15, 0.2) is 11.6 Å². The Labute approximate surface area is 120 Å². The van der Waals surface area contributed by atoms with Crippen LogP contribution >= 0.6 is 15.9 Å². The van der Waals surface area contributed by atoms with Crippen molar-refractivity contribution in [1.29, 1.82) is 0 Å². The van der Waals surface area contributed by atoms with E-state index in [1.54, 1.807) is 6.07 Å². The van der Waals surface area contributed by atoms with Crippen molar-refractivity contribution in [3.05, 3.63) is 29.8 Å². The Morgan fingerprint density at radius 2 is 1.84 bits per heavy atom. The lowest BCUT2D eigenvalue weighted by atomic mass is 10.2. The smallest absolute Gasteiger partial charge is 0.160 e. The molecule has 0 radical (unpaired) electrons. The zero-order valence-corrected chi connectivity index (χ0v) is 12.4. The van der Waals surface area contributed by atoms with Gasteiger partial charge in [-0.05, 0) is 28.1 Å². The summed E-state index contributed by atoms with van der Waals surface area (Å²) in [6, 6.07) is 4.19. The van der Waals surface area contributed by atoms with Gasteiger partial charge in [0, 0.05) is 24.6 Å². The molecule has 1 spiro atoms. The Bertz CT molecular complexity index is 473. The van der Waals surface area contributed by atoms with E-state index in [1.165, 1.54) is 31.5 Å². The molecule has 0 aromatic heterocycles. The van der Waals surface area contributed by atoms with Gasteiger partial charge < -0.3 is 9.38 Å². The highest BCUT2D eigenvalue weighted by molar-refractivity contribution is 9.09. The first-order valence-electron chi connectivity index (χ1n) is 6.81. The third kappa shape index (κ3) is 2.38. The lowest BCUT2D eigenvalue weighted by Gasteiger charge is -2.45. The lowest BCUT2D eigenvalue weighted by molar-refractivity contribution is -0.925. The largest absolute Gasteiger partial charge is 0.360 e. The maximum Gasteiger partial charge on any atom is 0.160 e. The average molecular weight is 332 g/mol. The Hall–Kier alpha value is -0.680. The molecule has 0 saturated carbocycles. The molecule has 0 N–H and O–H groups in total. The number of alkyl halides is 1. The quantitative estimate of drug-likeness (QED) is 0.434. The highest BCUT2D eigenvalue weighted by atomic mass is 79.9. The van der Waals surface area contributed by atoms with Gasteiger partial charge >= 0.3 is 0 Å². The van der Waals surface area contributed by atoms with E-state index in [2.05, 4.69) is 20.8 Å². The van der Waals surface area contributed by atoms with Gasteiger partial charge in [0.05, 0.1) is 32.7 Å². The minimum atomic E-state index is -0.774. The molecular formula is C14H18BrF2N2+. The Balaban J connectivity index is 1.71. The highest BCUT2D eigenvalue weighted by Crippen LogP contribution is 2.33. The number of hydrogen-bond donors (Lipinski definition) is 0. The van der Waals surface area contributed by atoms with Crippen LogP contribution in [-0.2, 0) is 0 Å². The van der Waals surface area contributed by atoms with Crippen LogP contribution in [0.2, 0.25) is 0 Å². The SMILES string of the molecule is Fc1ccc(N2CC[N+]3(CCCC3Br)CC2)cc1F. The van der Waals surface area contributed by atoms with Gasteiger partial charge in [-0.2, -0.15) is 0 Å². The van der Waals surface area contributed by atoms with E-state index in [9.17, 15) is 8.78 Å². The van der Waals surface area contributed by atoms with E-state index in [-0.39, 0.29) is 0 Å². The molecule has 0 amide bonds. The number of rotatable bonds is 1. The van der Waals surface area contributed by atoms with Crippen LogP contribution < -0.4 is 4.90 Å². The van der Waals surface area contributed by atoms with Gasteiger partial charge in [-0.1, -0.05) is 0 Å². The Morgan fingerprint density at radius 3 is 2.42 bits per heavy atom. The van der Waals surface area contributed by atoms with Crippen LogP contribution in [0.1, 0.15) is 12.8 Å². The predicted molar refractivity (Wildman–Crippen MR) is 75.4 cm³/mol. The third-order valence-electron chi connectivity index (χ3n) is 4.54. The van der Waals surface area contributed by atoms with E-state index < -0.39 is 11.6 Å². The van der Waals surface area contributed by atoms with Crippen LogP contribution in [0.25, 0.3) is 0 Å². The van der Waals surface area contributed by atoms with Crippen molar-refractivity contribution in [2.45, 2.75) is 17.8 Å². The molecule has 5 heteroatoms. The van der Waals surface area contributed by atoms with Gasteiger partial charge in [0.25, 0.3) is 0 Å². The van der Waals surface area contributed by atoms with E-state index >= 15 is 0 Å². The van der Waals surface area contributed by atoms with Crippen molar-refractivity contribution in [3.63, 3.8) is 0 Å². The highest BCUT2D eigenvalue weighted by Gasteiger charge is 2.42. The van der Waals surface area contributed by atoms with Crippen LogP contribution in [0.15, 0.2) is 18.2 Å². The van der Waals surface area contributed by atoms with Crippen molar-refractivity contribution >= 4 is 21.6 Å². The number of anilines is 1. The fourth-order valence-corrected chi connectivity index (χ4v) is 4.23. The van der Waals surface area contributed by atoms with Gasteiger partial charge in [-0.3, -0.25) is 0 Å². The first kappa shape index (κ1) is 13.3. The summed E-state index contributed by atoms with van der Waals surface area (Å²) in [5.41, 5.74) is 0.794. The first-order valence-corrected chi connectivity index (χ1v) is 7.72. The summed E-state index contributed by atoms with van der Waals surface area (Å²) in [6.07, 6.45) is 2.52. The molecule has 1 aromatic carbocycles. The summed E-state index contributed by atoms with van der Waals surface area (Å²) < 4.78 is 27.4. The standard InChI is InChI=1S/C14H18BrF2N2/c15-14-2-1-7-19(14)8-5-18(6-9-19)11-3-4-12(16)13(17)10-11/h3-4,10,14H,1-2,5-9H2/q+1. The summed E-state index contributed by atoms with van der Waals surface area (Å²) in [5.74, 6) is -1.53. The minimum absolute atomic E-state index is 0.569. The van der Waals surface area contributed by atoms with E-state index in [0.29, 0.717) is 4.95 Å². The molecule has 2 saturated heterocycles. The van der Waals surface area contributed by atoms with E-state index in [4.69, 9.17) is 0 Å². The molecule has 2 nitrogen and oxygen atoms in total. The van der Waals surface area contributed by atoms with Crippen LogP contribution in [0.3, 0.4) is 0 Å². The van der Waals surface area contributed by atoms with Crippen molar-refractivity contribution in [2.24, 2.45) is 0 Å². The Kier molecular flexibility index (Phi) is 3.52. The number of piperazine rings is 1. The van der Waals surface area contributed by atoms with Crippen LogP contribution in [0.5, 0.6) is 0 Å². The van der Waals surface area contributed by atoms with Crippen molar-refractivity contribution < 1.29 is 13.3 Å². The summed E-state index contributed by atoms with van der Waals surface area (Å²) >= 11 is 3.80. The fourth-order valence-electron chi connectivity index (χ4n) is 3.30. The lowest BCUT2D eigenvalue weighted by Crippen LogP contribution is -2.60. The minimum Gasteiger partial charge on any atom is -0.360 e. The molecule has 2 fully saturated rings. The molecule has 2 heterocycles. The molecule has 1 unspecified atom stereocenters. The number of nitrogens with zero attached hydrogens (tertiary/aromatic N) is 2. The summed E-state index contributed by atoms with van der Waals surface area (Å²) in [6.45, 7) is 5.21. The van der Waals surface area contributed by atoms with Gasteiger partial charge in [0.1, 0.15) is 4.95 Å². The molecule has 2 aliphatic rings. The van der Waals surface area contributed by atoms with Crippen LogP contribution in [0, 0.1) is 11.6 Å². The number of hydrogen-bond acceptors (Lipinski definition) is 1. The molecule has 0 bridgehead atoms. The zero-order valence-electron chi connectivity index (χ0n) is 10.8. The second kappa shape index (κ2) is 5.02. The van der Waals surface area contributed by atoms with Gasteiger partial charge in [0.2, 0.25) is 0 Å². The van der Waals surface area contributed by atoms with Crippen molar-refractivity contribution in [1.82, 2.24) is 0 Å². The molecule has 1 atom stereocenters. The summed E-state index contributed by atoms with van der Waals surface area (Å²) in [7, 11) is 0. The van der Waals surface area contributed by atoms with Crippen LogP contribution in [0.4, 0.5) is 14.5 Å². The topological polar surface area (TPSA) is 3.24 Å². The van der Waals surface area contributed by atoms with Gasteiger partial charge in [-0.25, -0.2) is 8.78 Å². The number of halogens is 3. The van der Waals surface area contributed by atoms with Crippen molar-refractivity contribution in [2.75, 3.05) is 37.6 Å². The number of quaternary nitrogens is 1. The monoisotopic (exact) mass is 331 g/mol. The molecule has 104 valence electrons. The van der Waals surface area contributed by atoms with E-state index in [0.717, 1.165) is 36.3 Å². The van der Waals surface area contributed by atoms with Crippen LogP contribution in [-0.4, -0.2) is 42.2 Å². The molecule has 0 aliphatic carbocycles. The molecule has 3 rings (SSSR count). The zero-order chi connectivity index (χ0) is 13.5. The predicted octanol–water partition coefficient (Wildman–Crippen LogP) is 3.12. The summed E-state index contributed by atoms with van der Waals surface area (Å²) in [5, 5.41) is 0. The number of benzene rings is 1. The maximum absolute atomic E-state index is 13.3. The van der Waals surface area contributed by atoms with E-state index in [1.807, 2.05) is 0 Å². The molecule has 2 aliphatic heterocycles. The fraction of sp³-hybridized carbons (Fsp3) is 0.571. The molecule has 1 aromatic rings.